The van der Waals surface area contributed by atoms with Crippen LogP contribution in [0.25, 0.3) is 5.57 Å². The minimum absolute atomic E-state index is 0.401. The van der Waals surface area contributed by atoms with Gasteiger partial charge >= 0.3 is 0 Å². The summed E-state index contributed by atoms with van der Waals surface area (Å²) in [5, 5.41) is 0. The van der Waals surface area contributed by atoms with Gasteiger partial charge in [-0.15, -0.1) is 0 Å². The predicted octanol–water partition coefficient (Wildman–Crippen LogP) is 3.60. The van der Waals surface area contributed by atoms with Crippen molar-refractivity contribution in [2.24, 2.45) is 5.41 Å². The molecule has 2 heteroatoms. The summed E-state index contributed by atoms with van der Waals surface area (Å²) in [5.74, 6) is 0. The van der Waals surface area contributed by atoms with Crippen molar-refractivity contribution in [1.82, 2.24) is 0 Å². The smallest absolute Gasteiger partial charge is 0.124 e. The maximum Gasteiger partial charge on any atom is 0.124 e. The van der Waals surface area contributed by atoms with Gasteiger partial charge in [-0.25, -0.2) is 0 Å². The Balaban J connectivity index is 2.30. The van der Waals surface area contributed by atoms with Crippen molar-refractivity contribution in [3.05, 3.63) is 35.4 Å². The lowest BCUT2D eigenvalue weighted by molar-refractivity contribution is -0.107. The zero-order chi connectivity index (χ0) is 13.2. The van der Waals surface area contributed by atoms with E-state index < -0.39 is 0 Å². The first-order valence-electron chi connectivity index (χ1n) is 6.53. The number of allylic oxidation sites excluding steroid dienone is 2. The summed E-state index contributed by atoms with van der Waals surface area (Å²) in [7, 11) is 0. The van der Waals surface area contributed by atoms with Crippen LogP contribution in [0.3, 0.4) is 0 Å². The molecule has 0 saturated heterocycles. The molecule has 1 aliphatic rings. The highest BCUT2D eigenvalue weighted by Crippen LogP contribution is 2.39. The molecule has 0 amide bonds. The third-order valence-electron chi connectivity index (χ3n) is 3.75. The van der Waals surface area contributed by atoms with E-state index in [-0.39, 0.29) is 0 Å². The minimum atomic E-state index is 0.401. The Kier molecular flexibility index (Phi) is 3.55. The number of carbonyl (C=O) groups is 1. The molecule has 0 fully saturated rings. The molecule has 0 atom stereocenters. The van der Waals surface area contributed by atoms with Crippen molar-refractivity contribution < 1.29 is 4.79 Å². The molecule has 2 nitrogen and oxygen atoms in total. The van der Waals surface area contributed by atoms with Crippen molar-refractivity contribution in [2.45, 2.75) is 39.5 Å². The standard InChI is InChI=1S/C16H21NO/c1-16(2)8-5-13(6-9-16)14-11-12(7-10-18)3-4-15(14)17/h3-5,10-11H,6-9,17H2,1-2H3. The monoisotopic (exact) mass is 243 g/mol. The lowest BCUT2D eigenvalue weighted by atomic mass is 9.76. The third kappa shape index (κ3) is 2.81. The number of carbonyl (C=O) groups excluding carboxylic acids is 1. The van der Waals surface area contributed by atoms with Crippen LogP contribution in [0.5, 0.6) is 0 Å². The molecule has 1 aromatic carbocycles. The molecule has 0 saturated carbocycles. The Bertz CT molecular complexity index is 486. The van der Waals surface area contributed by atoms with E-state index in [2.05, 4.69) is 26.0 Å². The lowest BCUT2D eigenvalue weighted by Crippen LogP contribution is -2.14. The molecular weight excluding hydrogens is 222 g/mol. The van der Waals surface area contributed by atoms with Gasteiger partial charge in [0, 0.05) is 17.7 Å². The minimum Gasteiger partial charge on any atom is -0.398 e. The molecule has 2 N–H and O–H groups in total. The fraction of sp³-hybridized carbons (Fsp3) is 0.438. The molecule has 96 valence electrons. The van der Waals surface area contributed by atoms with E-state index >= 15 is 0 Å². The van der Waals surface area contributed by atoms with E-state index in [0.29, 0.717) is 11.8 Å². The molecule has 0 bridgehead atoms. The third-order valence-corrected chi connectivity index (χ3v) is 3.75. The summed E-state index contributed by atoms with van der Waals surface area (Å²) in [6.45, 7) is 4.60. The van der Waals surface area contributed by atoms with Gasteiger partial charge in [0.25, 0.3) is 0 Å². The molecule has 1 aliphatic carbocycles. The highest BCUT2D eigenvalue weighted by molar-refractivity contribution is 5.76. The lowest BCUT2D eigenvalue weighted by Gasteiger charge is -2.29. The van der Waals surface area contributed by atoms with E-state index in [0.717, 1.165) is 35.9 Å². The van der Waals surface area contributed by atoms with Crippen molar-refractivity contribution in [3.63, 3.8) is 0 Å². The largest absolute Gasteiger partial charge is 0.398 e. The van der Waals surface area contributed by atoms with Crippen LogP contribution in [-0.4, -0.2) is 6.29 Å². The van der Waals surface area contributed by atoms with Crippen LogP contribution in [-0.2, 0) is 11.2 Å². The molecule has 0 aliphatic heterocycles. The molecular formula is C16H21NO. The molecule has 0 spiro atoms. The average molecular weight is 243 g/mol. The normalized spacial score (nSPS) is 18.2. The van der Waals surface area contributed by atoms with Gasteiger partial charge in [0.2, 0.25) is 0 Å². The zero-order valence-electron chi connectivity index (χ0n) is 11.2. The van der Waals surface area contributed by atoms with Gasteiger partial charge in [-0.05, 0) is 47.9 Å². The van der Waals surface area contributed by atoms with E-state index in [4.69, 9.17) is 5.73 Å². The van der Waals surface area contributed by atoms with E-state index in [1.807, 2.05) is 12.1 Å². The van der Waals surface area contributed by atoms with Gasteiger partial charge in [0.15, 0.2) is 0 Å². The van der Waals surface area contributed by atoms with Crippen LogP contribution < -0.4 is 5.73 Å². The molecule has 0 radical (unpaired) electrons. The maximum absolute atomic E-state index is 10.6. The first kappa shape index (κ1) is 12.9. The van der Waals surface area contributed by atoms with Crippen molar-refractivity contribution in [3.8, 4) is 0 Å². The van der Waals surface area contributed by atoms with Crippen molar-refractivity contribution in [2.75, 3.05) is 5.73 Å². The Labute approximate surface area is 109 Å². The van der Waals surface area contributed by atoms with E-state index in [1.54, 1.807) is 0 Å². The highest BCUT2D eigenvalue weighted by Gasteiger charge is 2.22. The maximum atomic E-state index is 10.6. The Morgan fingerprint density at radius 2 is 2.17 bits per heavy atom. The van der Waals surface area contributed by atoms with Crippen LogP contribution in [0.2, 0.25) is 0 Å². The van der Waals surface area contributed by atoms with Gasteiger partial charge in [0.1, 0.15) is 6.29 Å². The van der Waals surface area contributed by atoms with Crippen LogP contribution in [0, 0.1) is 5.41 Å². The Morgan fingerprint density at radius 1 is 1.39 bits per heavy atom. The molecule has 0 heterocycles. The topological polar surface area (TPSA) is 43.1 Å². The number of benzene rings is 1. The van der Waals surface area contributed by atoms with Gasteiger partial charge in [0.05, 0.1) is 0 Å². The second-order valence-electron chi connectivity index (χ2n) is 5.89. The van der Waals surface area contributed by atoms with Gasteiger partial charge in [-0.2, -0.15) is 0 Å². The fourth-order valence-electron chi connectivity index (χ4n) is 2.43. The molecule has 2 rings (SSSR count). The average Bonchev–Trinajstić information content (AvgIpc) is 2.32. The van der Waals surface area contributed by atoms with Gasteiger partial charge < -0.3 is 10.5 Å². The first-order chi connectivity index (χ1) is 8.52. The number of nitrogens with two attached hydrogens (primary N) is 1. The summed E-state index contributed by atoms with van der Waals surface area (Å²) in [6, 6.07) is 5.91. The predicted molar refractivity (Wildman–Crippen MR) is 76.2 cm³/mol. The van der Waals surface area contributed by atoms with Crippen molar-refractivity contribution >= 4 is 17.5 Å². The van der Waals surface area contributed by atoms with E-state index in [9.17, 15) is 4.79 Å². The Morgan fingerprint density at radius 3 is 2.78 bits per heavy atom. The zero-order valence-corrected chi connectivity index (χ0v) is 11.2. The summed E-state index contributed by atoms with van der Waals surface area (Å²) >= 11 is 0. The summed E-state index contributed by atoms with van der Waals surface area (Å²) in [5.41, 5.74) is 10.8. The first-order valence-corrected chi connectivity index (χ1v) is 6.53. The quantitative estimate of drug-likeness (QED) is 0.651. The second-order valence-corrected chi connectivity index (χ2v) is 5.89. The number of hydrogen-bond acceptors (Lipinski definition) is 2. The van der Waals surface area contributed by atoms with Crippen LogP contribution >= 0.6 is 0 Å². The second kappa shape index (κ2) is 4.97. The number of rotatable bonds is 3. The van der Waals surface area contributed by atoms with Crippen LogP contribution in [0.1, 0.15) is 44.2 Å². The number of nitrogen functional groups attached to an aromatic ring is 1. The van der Waals surface area contributed by atoms with Gasteiger partial charge in [-0.1, -0.05) is 26.0 Å². The molecule has 1 aromatic rings. The van der Waals surface area contributed by atoms with Crippen molar-refractivity contribution in [1.29, 1.82) is 0 Å². The van der Waals surface area contributed by atoms with Gasteiger partial charge in [-0.3, -0.25) is 0 Å². The SMILES string of the molecule is CC1(C)CC=C(c2cc(CC=O)ccc2N)CC1. The fourth-order valence-corrected chi connectivity index (χ4v) is 2.43. The summed E-state index contributed by atoms with van der Waals surface area (Å²) in [4.78, 5) is 10.6. The molecule has 18 heavy (non-hydrogen) atoms. The number of anilines is 1. The number of hydrogen-bond donors (Lipinski definition) is 1. The van der Waals surface area contributed by atoms with Crippen LogP contribution in [0.4, 0.5) is 5.69 Å². The molecule has 0 unspecified atom stereocenters. The molecule has 0 aromatic heterocycles. The van der Waals surface area contributed by atoms with Crippen LogP contribution in [0.15, 0.2) is 24.3 Å². The summed E-state index contributed by atoms with van der Waals surface area (Å²) in [6.07, 6.45) is 7.07. The number of aldehydes is 1. The summed E-state index contributed by atoms with van der Waals surface area (Å²) < 4.78 is 0. The Hall–Kier alpha value is -1.57. The highest BCUT2D eigenvalue weighted by atomic mass is 16.1. The van der Waals surface area contributed by atoms with E-state index in [1.165, 1.54) is 12.0 Å².